The van der Waals surface area contributed by atoms with Gasteiger partial charge in [-0.25, -0.2) is 13.7 Å². The summed E-state index contributed by atoms with van der Waals surface area (Å²) in [6.45, 7) is -2.33. The summed E-state index contributed by atoms with van der Waals surface area (Å²) in [7, 11) is -9.59. The number of fused-ring (bicyclic) bond motifs is 1. The van der Waals surface area contributed by atoms with Crippen LogP contribution in [0.4, 0.5) is 5.82 Å². The second kappa shape index (κ2) is 12.9. The second-order valence-electron chi connectivity index (χ2n) is 10.9. The van der Waals surface area contributed by atoms with E-state index in [4.69, 9.17) is 25.8 Å². The molecule has 2 aliphatic heterocycles. The van der Waals surface area contributed by atoms with Gasteiger partial charge in [0.05, 0.1) is 24.8 Å². The number of amides is 2. The fourth-order valence-corrected chi connectivity index (χ4v) is 7.88. The Balaban J connectivity index is 1.37. The van der Waals surface area contributed by atoms with Crippen molar-refractivity contribution in [2.24, 2.45) is 0 Å². The van der Waals surface area contributed by atoms with E-state index in [1.807, 2.05) is 0 Å². The van der Waals surface area contributed by atoms with Crippen LogP contribution in [0, 0.1) is 0 Å². The standard InChI is InChI=1S/C23H33ClN7O12PS/c1-41-11-23(44(36,37)38,21(35)29-45(39,40)30-8-4-7-15(30)32)42-10-14-16(33)17(34)20(43-14)31-19-13(9-25-31)18(27-22(24)28-19)26-12-5-2-3-6-12/h9,12,14,16-17,20,33-34H,2-8,10-11H2,1H3,(H,29,35)(H,26,27,28)(H2,36,37,38)/t14-,16-,17-,20-,23+/m1/s1. The molecule has 0 radical (unpaired) electrons. The highest BCUT2D eigenvalue weighted by Gasteiger charge is 2.58. The lowest BCUT2D eigenvalue weighted by Crippen LogP contribution is -2.56. The first kappa shape index (κ1) is 33.8. The Labute approximate surface area is 261 Å². The van der Waals surface area contributed by atoms with E-state index in [-0.39, 0.29) is 36.4 Å². The fourth-order valence-electron chi connectivity index (χ4n) is 5.55. The molecule has 0 spiro atoms. The first-order valence-electron chi connectivity index (χ1n) is 13.9. The zero-order valence-corrected chi connectivity index (χ0v) is 26.3. The van der Waals surface area contributed by atoms with Crippen LogP contribution in [-0.2, 0) is 38.6 Å². The Morgan fingerprint density at radius 1 is 1.22 bits per heavy atom. The van der Waals surface area contributed by atoms with Crippen LogP contribution in [0.2, 0.25) is 5.28 Å². The number of nitrogens with one attached hydrogen (secondary N) is 2. The topological polar surface area (TPSA) is 265 Å². The van der Waals surface area contributed by atoms with Crippen molar-refractivity contribution in [3.63, 3.8) is 0 Å². The molecule has 2 amide bonds. The average molecular weight is 698 g/mol. The maximum absolute atomic E-state index is 13.2. The molecule has 2 aromatic heterocycles. The van der Waals surface area contributed by atoms with Crippen LogP contribution in [0.25, 0.3) is 11.0 Å². The van der Waals surface area contributed by atoms with Crippen LogP contribution in [0.5, 0.6) is 0 Å². The number of nitrogens with zero attached hydrogens (tertiary/aromatic N) is 5. The van der Waals surface area contributed by atoms with Crippen molar-refractivity contribution in [2.45, 2.75) is 74.4 Å². The Morgan fingerprint density at radius 3 is 2.56 bits per heavy atom. The number of hydrogen-bond acceptors (Lipinski definition) is 14. The molecule has 19 nitrogen and oxygen atoms in total. The third kappa shape index (κ3) is 6.53. The molecule has 5 rings (SSSR count). The maximum Gasteiger partial charge on any atom is 0.369 e. The molecular weight excluding hydrogens is 665 g/mol. The predicted octanol–water partition coefficient (Wildman–Crippen LogP) is -1.03. The molecule has 0 unspecified atom stereocenters. The molecule has 3 fully saturated rings. The van der Waals surface area contributed by atoms with Crippen LogP contribution in [0.15, 0.2) is 6.20 Å². The first-order valence-corrected chi connectivity index (χ1v) is 17.4. The summed E-state index contributed by atoms with van der Waals surface area (Å²) in [6, 6.07) is 0.170. The highest BCUT2D eigenvalue weighted by atomic mass is 35.5. The summed E-state index contributed by atoms with van der Waals surface area (Å²) in [4.78, 5) is 54.0. The number of aliphatic hydroxyl groups is 2. The van der Waals surface area contributed by atoms with Crippen LogP contribution < -0.4 is 10.0 Å². The lowest BCUT2D eigenvalue weighted by molar-refractivity contribution is -0.151. The van der Waals surface area contributed by atoms with E-state index in [0.717, 1.165) is 37.5 Å². The van der Waals surface area contributed by atoms with E-state index in [1.165, 1.54) is 10.9 Å². The zero-order valence-electron chi connectivity index (χ0n) is 23.9. The maximum atomic E-state index is 13.2. The van der Waals surface area contributed by atoms with Gasteiger partial charge in [-0.2, -0.15) is 23.5 Å². The third-order valence-electron chi connectivity index (χ3n) is 7.89. The number of aromatic nitrogens is 4. The quantitative estimate of drug-likeness (QED) is 0.114. The fraction of sp³-hybridized carbons (Fsp3) is 0.696. The molecule has 0 bridgehead atoms. The summed E-state index contributed by atoms with van der Waals surface area (Å²) < 4.78 is 57.0. The highest BCUT2D eigenvalue weighted by Crippen LogP contribution is 2.52. The van der Waals surface area contributed by atoms with E-state index in [1.54, 1.807) is 0 Å². The number of rotatable bonds is 12. The van der Waals surface area contributed by atoms with Crippen LogP contribution in [0.3, 0.4) is 0 Å². The van der Waals surface area contributed by atoms with Gasteiger partial charge in [0.1, 0.15) is 24.1 Å². The van der Waals surface area contributed by atoms with Gasteiger partial charge in [0, 0.05) is 26.1 Å². The van der Waals surface area contributed by atoms with Gasteiger partial charge in [0.2, 0.25) is 11.2 Å². The van der Waals surface area contributed by atoms with Gasteiger partial charge >= 0.3 is 17.8 Å². The molecule has 1 aliphatic carbocycles. The zero-order chi connectivity index (χ0) is 32.7. The Bertz CT molecular complexity index is 1600. The number of aliphatic hydroxyl groups excluding tert-OH is 2. The number of ether oxygens (including phenoxy) is 3. The number of carbonyl (C=O) groups excluding carboxylic acids is 2. The van der Waals surface area contributed by atoms with Gasteiger partial charge < -0.3 is 39.5 Å². The van der Waals surface area contributed by atoms with E-state index in [9.17, 15) is 42.6 Å². The number of halogens is 1. The summed E-state index contributed by atoms with van der Waals surface area (Å²) in [5.41, 5.74) is 0.151. The minimum absolute atomic E-state index is 0.101. The number of hydrogen-bond donors (Lipinski definition) is 6. The molecular formula is C23H33ClN7O12PS. The monoisotopic (exact) mass is 697 g/mol. The normalized spacial score (nSPS) is 26.1. The minimum atomic E-state index is -5.71. The van der Waals surface area contributed by atoms with E-state index < -0.39 is 72.7 Å². The molecule has 2 aromatic rings. The molecule has 2 saturated heterocycles. The van der Waals surface area contributed by atoms with Crippen molar-refractivity contribution in [1.82, 2.24) is 28.8 Å². The first-order chi connectivity index (χ1) is 21.2. The van der Waals surface area contributed by atoms with Gasteiger partial charge in [-0.1, -0.05) is 12.8 Å². The summed E-state index contributed by atoms with van der Waals surface area (Å²) in [5, 5.41) is 26.3. The van der Waals surface area contributed by atoms with E-state index in [2.05, 4.69) is 20.4 Å². The van der Waals surface area contributed by atoms with Crippen LogP contribution in [-0.4, -0.2) is 121 Å². The van der Waals surface area contributed by atoms with Crippen molar-refractivity contribution in [1.29, 1.82) is 0 Å². The summed E-state index contributed by atoms with van der Waals surface area (Å²) in [5.74, 6) is -2.22. The van der Waals surface area contributed by atoms with Crippen LogP contribution in [0.1, 0.15) is 44.8 Å². The molecule has 45 heavy (non-hydrogen) atoms. The molecule has 250 valence electrons. The van der Waals surface area contributed by atoms with Crippen molar-refractivity contribution >= 4 is 58.1 Å². The Morgan fingerprint density at radius 2 is 1.93 bits per heavy atom. The van der Waals surface area contributed by atoms with Gasteiger partial charge in [0.25, 0.3) is 11.2 Å². The van der Waals surface area contributed by atoms with Gasteiger partial charge in [-0.15, -0.1) is 0 Å². The predicted molar refractivity (Wildman–Crippen MR) is 153 cm³/mol. The molecule has 1 saturated carbocycles. The van der Waals surface area contributed by atoms with Gasteiger partial charge in [0.15, 0.2) is 11.9 Å². The van der Waals surface area contributed by atoms with Gasteiger partial charge in [-0.3, -0.25) is 14.2 Å². The SMILES string of the molecule is COC[C@@](OC[C@H]1O[C@@H](n2ncc3c(NC4CCCC4)nc(Cl)nc32)[C@H](O)[C@@H]1O)(C(=O)NS(=O)(=O)N1CCCC1=O)P(=O)(O)O. The van der Waals surface area contributed by atoms with E-state index in [0.29, 0.717) is 15.5 Å². The summed E-state index contributed by atoms with van der Waals surface area (Å²) in [6.07, 6.45) is -0.838. The molecule has 6 N–H and O–H groups in total. The summed E-state index contributed by atoms with van der Waals surface area (Å²) >= 11 is 6.17. The molecule has 4 heterocycles. The highest BCUT2D eigenvalue weighted by molar-refractivity contribution is 7.88. The van der Waals surface area contributed by atoms with Crippen LogP contribution >= 0.6 is 19.2 Å². The molecule has 5 atom stereocenters. The number of anilines is 1. The molecule has 0 aromatic carbocycles. The van der Waals surface area contributed by atoms with Gasteiger partial charge in [-0.05, 0) is 30.9 Å². The largest absolute Gasteiger partial charge is 0.387 e. The number of methoxy groups -OCH3 is 1. The van der Waals surface area contributed by atoms with Crippen molar-refractivity contribution < 1.29 is 56.8 Å². The van der Waals surface area contributed by atoms with E-state index >= 15 is 0 Å². The lowest BCUT2D eigenvalue weighted by atomic mass is 10.1. The number of carbonyl (C=O) groups is 2. The molecule has 3 aliphatic rings. The second-order valence-corrected chi connectivity index (χ2v) is 14.7. The Hall–Kier alpha value is -2.52. The smallest absolute Gasteiger partial charge is 0.369 e. The molecule has 22 heteroatoms. The third-order valence-corrected chi connectivity index (χ3v) is 10.9. The minimum Gasteiger partial charge on any atom is -0.387 e. The van der Waals surface area contributed by atoms with Crippen molar-refractivity contribution in [2.75, 3.05) is 32.2 Å². The lowest BCUT2D eigenvalue weighted by Gasteiger charge is -2.33. The van der Waals surface area contributed by atoms with Crippen molar-refractivity contribution in [3.8, 4) is 0 Å². The van der Waals surface area contributed by atoms with Crippen molar-refractivity contribution in [3.05, 3.63) is 11.5 Å². The Kier molecular flexibility index (Phi) is 9.73. The average Bonchev–Trinajstić information content (AvgIpc) is 3.75.